The van der Waals surface area contributed by atoms with E-state index in [4.69, 9.17) is 4.99 Å². The van der Waals surface area contributed by atoms with Gasteiger partial charge >= 0.3 is 0 Å². The molecule has 2 fully saturated rings. The first-order valence-corrected chi connectivity index (χ1v) is 7.54. The average Bonchev–Trinajstić information content (AvgIpc) is 3.00. The van der Waals surface area contributed by atoms with Gasteiger partial charge in [-0.15, -0.1) is 0 Å². The van der Waals surface area contributed by atoms with Crippen LogP contribution < -0.4 is 0 Å². The van der Waals surface area contributed by atoms with E-state index in [9.17, 15) is 5.11 Å². The van der Waals surface area contributed by atoms with Gasteiger partial charge in [-0.2, -0.15) is 0 Å². The lowest BCUT2D eigenvalue weighted by Gasteiger charge is -2.32. The lowest BCUT2D eigenvalue weighted by atomic mass is 9.90. The van der Waals surface area contributed by atoms with Gasteiger partial charge in [0.25, 0.3) is 0 Å². The van der Waals surface area contributed by atoms with Crippen LogP contribution >= 0.6 is 0 Å². The monoisotopic (exact) mass is 272 g/mol. The third-order valence-corrected chi connectivity index (χ3v) is 5.08. The third kappa shape index (κ3) is 2.35. The maximum Gasteiger partial charge on any atom is 0.127 e. The van der Waals surface area contributed by atoms with Crippen LogP contribution in [0, 0.1) is 18.8 Å². The highest BCUT2D eigenvalue weighted by molar-refractivity contribution is 5.84. The standard InChI is InChI=1S/C17H24N2O/c1-11-5-4-6-13(17(11)20)10-18-15-8-12-7-14(15)16(9-12)19(2)3/h4-6,10,12,14-16,20H,7-9H2,1-3H3. The number of hydrogen-bond donors (Lipinski definition) is 1. The number of fused-ring (bicyclic) bond motifs is 2. The summed E-state index contributed by atoms with van der Waals surface area (Å²) < 4.78 is 0. The van der Waals surface area contributed by atoms with E-state index < -0.39 is 0 Å². The number of aliphatic imine (C=N–C) groups is 1. The second kappa shape index (κ2) is 5.21. The molecule has 0 saturated heterocycles. The normalized spacial score (nSPS) is 32.6. The number of benzene rings is 1. The van der Waals surface area contributed by atoms with E-state index in [1.54, 1.807) is 0 Å². The minimum absolute atomic E-state index is 0.364. The van der Waals surface area contributed by atoms with Gasteiger partial charge in [0, 0.05) is 17.8 Å². The molecule has 3 rings (SSSR count). The van der Waals surface area contributed by atoms with E-state index in [0.717, 1.165) is 17.0 Å². The molecule has 3 heteroatoms. The van der Waals surface area contributed by atoms with Gasteiger partial charge in [-0.1, -0.05) is 12.1 Å². The Bertz CT molecular complexity index is 524. The number of aromatic hydroxyl groups is 1. The zero-order valence-corrected chi connectivity index (χ0v) is 12.6. The van der Waals surface area contributed by atoms with Crippen molar-refractivity contribution in [3.63, 3.8) is 0 Å². The van der Waals surface area contributed by atoms with Gasteiger partial charge in [0.1, 0.15) is 5.75 Å². The number of aryl methyl sites for hydroxylation is 1. The van der Waals surface area contributed by atoms with Crippen LogP contribution in [-0.2, 0) is 0 Å². The predicted molar refractivity (Wildman–Crippen MR) is 82.5 cm³/mol. The van der Waals surface area contributed by atoms with Gasteiger partial charge in [-0.25, -0.2) is 0 Å². The largest absolute Gasteiger partial charge is 0.507 e. The quantitative estimate of drug-likeness (QED) is 0.859. The zero-order chi connectivity index (χ0) is 14.3. The molecule has 1 aromatic rings. The van der Waals surface area contributed by atoms with E-state index >= 15 is 0 Å². The highest BCUT2D eigenvalue weighted by atomic mass is 16.3. The molecule has 2 aliphatic carbocycles. The van der Waals surface area contributed by atoms with Crippen molar-refractivity contribution in [1.29, 1.82) is 0 Å². The van der Waals surface area contributed by atoms with Crippen molar-refractivity contribution >= 4 is 6.21 Å². The van der Waals surface area contributed by atoms with Gasteiger partial charge in [-0.3, -0.25) is 4.99 Å². The molecule has 0 aromatic heterocycles. The fraction of sp³-hybridized carbons (Fsp3) is 0.588. The first-order valence-electron chi connectivity index (χ1n) is 7.54. The summed E-state index contributed by atoms with van der Waals surface area (Å²) >= 11 is 0. The minimum Gasteiger partial charge on any atom is -0.507 e. The van der Waals surface area contributed by atoms with E-state index in [0.29, 0.717) is 23.8 Å². The number of nitrogens with zero attached hydrogens (tertiary/aromatic N) is 2. The molecule has 4 unspecified atom stereocenters. The molecular weight excluding hydrogens is 248 g/mol. The van der Waals surface area contributed by atoms with Crippen molar-refractivity contribution in [1.82, 2.24) is 4.90 Å². The molecule has 20 heavy (non-hydrogen) atoms. The smallest absolute Gasteiger partial charge is 0.127 e. The third-order valence-electron chi connectivity index (χ3n) is 5.08. The molecule has 2 bridgehead atoms. The fourth-order valence-electron chi connectivity index (χ4n) is 4.00. The van der Waals surface area contributed by atoms with Crippen LogP contribution in [0.5, 0.6) is 5.75 Å². The summed E-state index contributed by atoms with van der Waals surface area (Å²) in [6, 6.07) is 6.94. The second-order valence-electron chi connectivity index (χ2n) is 6.63. The van der Waals surface area contributed by atoms with Crippen LogP contribution in [0.25, 0.3) is 0 Å². The predicted octanol–water partition coefficient (Wildman–Crippen LogP) is 2.85. The molecule has 108 valence electrons. The molecule has 0 aliphatic heterocycles. The summed E-state index contributed by atoms with van der Waals surface area (Å²) in [7, 11) is 4.36. The Hall–Kier alpha value is -1.35. The summed E-state index contributed by atoms with van der Waals surface area (Å²) in [5.41, 5.74) is 1.75. The van der Waals surface area contributed by atoms with Crippen LogP contribution in [0.3, 0.4) is 0 Å². The van der Waals surface area contributed by atoms with Crippen LogP contribution in [0.4, 0.5) is 0 Å². The number of hydrogen-bond acceptors (Lipinski definition) is 3. The summed E-state index contributed by atoms with van der Waals surface area (Å²) in [6.07, 6.45) is 5.75. The van der Waals surface area contributed by atoms with Crippen molar-refractivity contribution in [2.45, 2.75) is 38.3 Å². The lowest BCUT2D eigenvalue weighted by molar-refractivity contribution is 0.195. The SMILES string of the molecule is Cc1cccc(C=NC2CC3CC2C(N(C)C)C3)c1O. The Balaban J connectivity index is 1.75. The molecule has 4 atom stereocenters. The lowest BCUT2D eigenvalue weighted by Crippen LogP contribution is -2.38. The molecule has 1 aromatic carbocycles. The van der Waals surface area contributed by atoms with Gasteiger partial charge in [-0.05, 0) is 63.7 Å². The van der Waals surface area contributed by atoms with Gasteiger partial charge in [0.05, 0.1) is 6.04 Å². The topological polar surface area (TPSA) is 35.8 Å². The van der Waals surface area contributed by atoms with Crippen molar-refractivity contribution in [3.8, 4) is 5.75 Å². The van der Waals surface area contributed by atoms with Crippen molar-refractivity contribution in [3.05, 3.63) is 29.3 Å². The maximum absolute atomic E-state index is 10.0. The highest BCUT2D eigenvalue weighted by Gasteiger charge is 2.46. The number of para-hydroxylation sites is 1. The summed E-state index contributed by atoms with van der Waals surface area (Å²) in [5.74, 6) is 1.91. The Morgan fingerprint density at radius 3 is 2.75 bits per heavy atom. The van der Waals surface area contributed by atoms with Crippen molar-refractivity contribution in [2.75, 3.05) is 14.1 Å². The molecule has 2 aliphatic rings. The molecule has 0 spiro atoms. The first-order chi connectivity index (χ1) is 9.56. The van der Waals surface area contributed by atoms with Crippen LogP contribution in [-0.4, -0.2) is 42.4 Å². The van der Waals surface area contributed by atoms with Crippen LogP contribution in [0.1, 0.15) is 30.4 Å². The van der Waals surface area contributed by atoms with Crippen LogP contribution in [0.15, 0.2) is 23.2 Å². The van der Waals surface area contributed by atoms with Gasteiger partial charge in [0.2, 0.25) is 0 Å². The summed E-state index contributed by atoms with van der Waals surface area (Å²) in [5, 5.41) is 10.0. The van der Waals surface area contributed by atoms with E-state index in [1.165, 1.54) is 19.3 Å². The number of phenolic OH excluding ortho intramolecular Hbond substituents is 1. The van der Waals surface area contributed by atoms with Crippen molar-refractivity contribution < 1.29 is 5.11 Å². The molecule has 0 heterocycles. The Morgan fingerprint density at radius 2 is 2.05 bits per heavy atom. The average molecular weight is 272 g/mol. The Kier molecular flexibility index (Phi) is 3.55. The van der Waals surface area contributed by atoms with Gasteiger partial charge < -0.3 is 10.0 Å². The maximum atomic E-state index is 10.0. The fourth-order valence-corrected chi connectivity index (χ4v) is 4.00. The molecule has 1 N–H and O–H groups in total. The first kappa shape index (κ1) is 13.6. The highest BCUT2D eigenvalue weighted by Crippen LogP contribution is 2.47. The molecule has 2 saturated carbocycles. The van der Waals surface area contributed by atoms with Crippen molar-refractivity contribution in [2.24, 2.45) is 16.8 Å². The Morgan fingerprint density at radius 1 is 1.25 bits per heavy atom. The zero-order valence-electron chi connectivity index (χ0n) is 12.6. The Labute approximate surface area is 121 Å². The number of phenols is 1. The second-order valence-corrected chi connectivity index (χ2v) is 6.63. The number of rotatable bonds is 3. The summed E-state index contributed by atoms with van der Waals surface area (Å²) in [6.45, 7) is 1.92. The van der Waals surface area contributed by atoms with Crippen LogP contribution in [0.2, 0.25) is 0 Å². The van der Waals surface area contributed by atoms with E-state index in [-0.39, 0.29) is 0 Å². The molecule has 0 radical (unpaired) electrons. The molecule has 3 nitrogen and oxygen atoms in total. The molecule has 0 amide bonds. The minimum atomic E-state index is 0.364. The summed E-state index contributed by atoms with van der Waals surface area (Å²) in [4.78, 5) is 7.16. The van der Waals surface area contributed by atoms with E-state index in [1.807, 2.05) is 31.3 Å². The molecular formula is C17H24N2O. The van der Waals surface area contributed by atoms with E-state index in [2.05, 4.69) is 19.0 Å². The van der Waals surface area contributed by atoms with Gasteiger partial charge in [0.15, 0.2) is 0 Å².